The molecule has 1 unspecified atom stereocenters. The molecule has 1 atom stereocenters. The van der Waals surface area contributed by atoms with Crippen molar-refractivity contribution in [1.82, 2.24) is 15.3 Å². The predicted octanol–water partition coefficient (Wildman–Crippen LogP) is 2.16. The Morgan fingerprint density at radius 1 is 1.60 bits per heavy atom. The van der Waals surface area contributed by atoms with E-state index in [2.05, 4.69) is 22.2 Å². The summed E-state index contributed by atoms with van der Waals surface area (Å²) in [6.07, 6.45) is 3.53. The number of H-pyrrole nitrogens is 1. The Kier molecular flexibility index (Phi) is 2.87. The van der Waals surface area contributed by atoms with Gasteiger partial charge in [-0.3, -0.25) is 0 Å². The van der Waals surface area contributed by atoms with Crippen molar-refractivity contribution >= 4 is 0 Å². The van der Waals surface area contributed by atoms with Gasteiger partial charge < -0.3 is 14.7 Å². The summed E-state index contributed by atoms with van der Waals surface area (Å²) in [6, 6.07) is 4.08. The van der Waals surface area contributed by atoms with Gasteiger partial charge >= 0.3 is 0 Å². The summed E-state index contributed by atoms with van der Waals surface area (Å²) in [6.45, 7) is 4.78. The highest BCUT2D eigenvalue weighted by molar-refractivity contribution is 5.05. The fraction of sp³-hybridized carbons (Fsp3) is 0.364. The Balaban J connectivity index is 1.88. The molecule has 0 aliphatic rings. The first-order valence-corrected chi connectivity index (χ1v) is 5.03. The quantitative estimate of drug-likeness (QED) is 0.804. The normalized spacial score (nSPS) is 12.9. The first-order valence-electron chi connectivity index (χ1n) is 5.03. The lowest BCUT2D eigenvalue weighted by Gasteiger charge is -2.09. The van der Waals surface area contributed by atoms with Crippen LogP contribution in [-0.4, -0.2) is 9.97 Å². The van der Waals surface area contributed by atoms with Crippen LogP contribution in [0.4, 0.5) is 0 Å². The molecule has 4 nitrogen and oxygen atoms in total. The van der Waals surface area contributed by atoms with Gasteiger partial charge in [0.15, 0.2) is 0 Å². The van der Waals surface area contributed by atoms with Crippen LogP contribution in [0.2, 0.25) is 0 Å². The van der Waals surface area contributed by atoms with Crippen molar-refractivity contribution in [2.75, 3.05) is 0 Å². The van der Waals surface area contributed by atoms with Crippen LogP contribution in [0.3, 0.4) is 0 Å². The second-order valence-corrected chi connectivity index (χ2v) is 3.61. The van der Waals surface area contributed by atoms with Crippen molar-refractivity contribution in [2.24, 2.45) is 0 Å². The van der Waals surface area contributed by atoms with Gasteiger partial charge in [0.05, 0.1) is 12.3 Å². The third-order valence-electron chi connectivity index (χ3n) is 2.32. The van der Waals surface area contributed by atoms with Crippen molar-refractivity contribution in [2.45, 2.75) is 26.4 Å². The molecular formula is C11H15N3O. The third-order valence-corrected chi connectivity index (χ3v) is 2.32. The number of aromatic nitrogens is 2. The minimum atomic E-state index is 0.212. The monoisotopic (exact) mass is 205 g/mol. The number of nitrogens with zero attached hydrogens (tertiary/aromatic N) is 1. The summed E-state index contributed by atoms with van der Waals surface area (Å²) < 4.78 is 5.30. The number of hydrogen-bond acceptors (Lipinski definition) is 3. The lowest BCUT2D eigenvalue weighted by atomic mass is 10.2. The minimum Gasteiger partial charge on any atom is -0.468 e. The Morgan fingerprint density at radius 3 is 3.07 bits per heavy atom. The van der Waals surface area contributed by atoms with Crippen molar-refractivity contribution in [3.05, 3.63) is 41.9 Å². The molecule has 0 spiro atoms. The van der Waals surface area contributed by atoms with E-state index in [-0.39, 0.29) is 6.04 Å². The molecule has 0 aliphatic heterocycles. The molecule has 0 saturated carbocycles. The van der Waals surface area contributed by atoms with Crippen LogP contribution in [0.25, 0.3) is 0 Å². The Bertz CT molecular complexity index is 405. The zero-order valence-electron chi connectivity index (χ0n) is 8.95. The summed E-state index contributed by atoms with van der Waals surface area (Å²) in [7, 11) is 0. The lowest BCUT2D eigenvalue weighted by Crippen LogP contribution is -2.17. The second-order valence-electron chi connectivity index (χ2n) is 3.61. The number of aromatic amines is 1. The van der Waals surface area contributed by atoms with Gasteiger partial charge in [-0.15, -0.1) is 0 Å². The van der Waals surface area contributed by atoms with Gasteiger partial charge in [0.2, 0.25) is 0 Å². The molecule has 2 N–H and O–H groups in total. The van der Waals surface area contributed by atoms with Crippen LogP contribution in [0.5, 0.6) is 0 Å². The molecule has 0 saturated heterocycles. The Labute approximate surface area is 88.7 Å². The highest BCUT2D eigenvalue weighted by Gasteiger charge is 2.07. The van der Waals surface area contributed by atoms with E-state index in [1.165, 1.54) is 0 Å². The van der Waals surface area contributed by atoms with E-state index < -0.39 is 0 Å². The molecule has 15 heavy (non-hydrogen) atoms. The minimum absolute atomic E-state index is 0.212. The van der Waals surface area contributed by atoms with Crippen molar-refractivity contribution in [1.29, 1.82) is 0 Å². The lowest BCUT2D eigenvalue weighted by molar-refractivity contribution is 0.429. The van der Waals surface area contributed by atoms with Gasteiger partial charge in [0, 0.05) is 18.4 Å². The smallest absolute Gasteiger partial charge is 0.120 e. The molecule has 4 heteroatoms. The third kappa shape index (κ3) is 2.47. The number of aryl methyl sites for hydroxylation is 1. The molecule has 0 radical (unpaired) electrons. The molecular weight excluding hydrogens is 190 g/mol. The molecule has 2 aromatic rings. The maximum atomic E-state index is 5.30. The highest BCUT2D eigenvalue weighted by Crippen LogP contribution is 2.12. The predicted molar refractivity (Wildman–Crippen MR) is 57.3 cm³/mol. The van der Waals surface area contributed by atoms with Gasteiger partial charge in [-0.2, -0.15) is 0 Å². The molecule has 0 bridgehead atoms. The SMILES string of the molecule is Cc1ncc(CNC(C)c2ccco2)[nH]1. The molecule has 0 aliphatic carbocycles. The van der Waals surface area contributed by atoms with E-state index in [0.29, 0.717) is 0 Å². The van der Waals surface area contributed by atoms with Crippen LogP contribution < -0.4 is 5.32 Å². The summed E-state index contributed by atoms with van der Waals surface area (Å²) >= 11 is 0. The first kappa shape index (κ1) is 9.98. The molecule has 2 heterocycles. The zero-order chi connectivity index (χ0) is 10.7. The zero-order valence-corrected chi connectivity index (χ0v) is 8.95. The van der Waals surface area contributed by atoms with E-state index in [1.807, 2.05) is 25.3 Å². The standard InChI is InChI=1S/C11H15N3O/c1-8(11-4-3-5-15-11)12-6-10-7-13-9(2)14-10/h3-5,7-8,12H,6H2,1-2H3,(H,13,14). The van der Waals surface area contributed by atoms with E-state index in [4.69, 9.17) is 4.42 Å². The van der Waals surface area contributed by atoms with Crippen molar-refractivity contribution in [3.8, 4) is 0 Å². The van der Waals surface area contributed by atoms with Crippen molar-refractivity contribution in [3.63, 3.8) is 0 Å². The van der Waals surface area contributed by atoms with E-state index >= 15 is 0 Å². The average molecular weight is 205 g/mol. The summed E-state index contributed by atoms with van der Waals surface area (Å²) in [5, 5.41) is 3.35. The van der Waals surface area contributed by atoms with Crippen LogP contribution in [-0.2, 0) is 6.54 Å². The molecule has 0 aromatic carbocycles. The number of furan rings is 1. The van der Waals surface area contributed by atoms with Gasteiger partial charge in [-0.1, -0.05) is 0 Å². The van der Waals surface area contributed by atoms with Crippen LogP contribution >= 0.6 is 0 Å². The number of hydrogen-bond donors (Lipinski definition) is 2. The topological polar surface area (TPSA) is 53.9 Å². The van der Waals surface area contributed by atoms with Gasteiger partial charge in [-0.25, -0.2) is 4.98 Å². The highest BCUT2D eigenvalue weighted by atomic mass is 16.3. The Morgan fingerprint density at radius 2 is 2.47 bits per heavy atom. The summed E-state index contributed by atoms with van der Waals surface area (Å²) in [5.41, 5.74) is 1.09. The molecule has 80 valence electrons. The fourth-order valence-corrected chi connectivity index (χ4v) is 1.46. The fourth-order valence-electron chi connectivity index (χ4n) is 1.46. The first-order chi connectivity index (χ1) is 7.25. The summed E-state index contributed by atoms with van der Waals surface area (Å²) in [4.78, 5) is 7.31. The number of imidazole rings is 1. The van der Waals surface area contributed by atoms with Crippen molar-refractivity contribution < 1.29 is 4.42 Å². The maximum Gasteiger partial charge on any atom is 0.120 e. The molecule has 0 amide bonds. The summed E-state index contributed by atoms with van der Waals surface area (Å²) in [5.74, 6) is 1.89. The molecule has 2 rings (SSSR count). The van der Waals surface area contributed by atoms with Gasteiger partial charge in [-0.05, 0) is 26.0 Å². The number of rotatable bonds is 4. The van der Waals surface area contributed by atoms with Gasteiger partial charge in [0.25, 0.3) is 0 Å². The van der Waals surface area contributed by atoms with Gasteiger partial charge in [0.1, 0.15) is 11.6 Å². The molecule has 2 aromatic heterocycles. The van der Waals surface area contributed by atoms with E-state index in [1.54, 1.807) is 6.26 Å². The van der Waals surface area contributed by atoms with E-state index in [0.717, 1.165) is 23.8 Å². The molecule has 0 fully saturated rings. The number of nitrogens with one attached hydrogen (secondary N) is 2. The van der Waals surface area contributed by atoms with Crippen LogP contribution in [0.1, 0.15) is 30.2 Å². The Hall–Kier alpha value is -1.55. The average Bonchev–Trinajstić information content (AvgIpc) is 2.84. The maximum absolute atomic E-state index is 5.30. The van der Waals surface area contributed by atoms with Crippen LogP contribution in [0.15, 0.2) is 29.0 Å². The largest absolute Gasteiger partial charge is 0.468 e. The van der Waals surface area contributed by atoms with E-state index in [9.17, 15) is 0 Å². The van der Waals surface area contributed by atoms with Crippen LogP contribution in [0, 0.1) is 6.92 Å². The second kappa shape index (κ2) is 4.31.